The van der Waals surface area contributed by atoms with Crippen molar-refractivity contribution >= 4 is 5.82 Å². The normalized spacial score (nSPS) is 13.3. The van der Waals surface area contributed by atoms with Crippen LogP contribution in [-0.2, 0) is 0 Å². The van der Waals surface area contributed by atoms with Crippen molar-refractivity contribution in [3.63, 3.8) is 0 Å². The van der Waals surface area contributed by atoms with Gasteiger partial charge in [0, 0.05) is 0 Å². The van der Waals surface area contributed by atoms with Crippen molar-refractivity contribution in [2.24, 2.45) is 0 Å². The standard InChI is InChI=1S/C7H14N4/c1-3-4-6(2)11-9-5-7(8)10-11/h5-6H,3-4H2,1-2H3,(H2,8,10). The van der Waals surface area contributed by atoms with Gasteiger partial charge in [-0.05, 0) is 13.3 Å². The molecule has 0 fully saturated rings. The molecule has 1 rings (SSSR count). The highest BCUT2D eigenvalue weighted by Gasteiger charge is 2.04. The predicted octanol–water partition coefficient (Wildman–Crippen LogP) is 1.22. The van der Waals surface area contributed by atoms with E-state index < -0.39 is 0 Å². The molecule has 0 aliphatic rings. The summed E-state index contributed by atoms with van der Waals surface area (Å²) in [6.45, 7) is 4.23. The van der Waals surface area contributed by atoms with E-state index in [1.165, 1.54) is 0 Å². The minimum absolute atomic E-state index is 0.359. The van der Waals surface area contributed by atoms with Crippen molar-refractivity contribution in [1.29, 1.82) is 0 Å². The Balaban J connectivity index is 2.60. The molecule has 11 heavy (non-hydrogen) atoms. The first-order chi connectivity index (χ1) is 5.24. The average molecular weight is 154 g/mol. The van der Waals surface area contributed by atoms with E-state index in [0.29, 0.717) is 11.9 Å². The van der Waals surface area contributed by atoms with Gasteiger partial charge >= 0.3 is 0 Å². The third-order valence-electron chi connectivity index (χ3n) is 1.63. The highest BCUT2D eigenvalue weighted by molar-refractivity contribution is 5.19. The van der Waals surface area contributed by atoms with Crippen molar-refractivity contribution in [2.75, 3.05) is 5.73 Å². The van der Waals surface area contributed by atoms with E-state index in [1.54, 1.807) is 11.0 Å². The van der Waals surface area contributed by atoms with Crippen molar-refractivity contribution < 1.29 is 0 Å². The van der Waals surface area contributed by atoms with E-state index in [9.17, 15) is 0 Å². The Labute approximate surface area is 66.4 Å². The molecule has 0 radical (unpaired) electrons. The average Bonchev–Trinajstić information content (AvgIpc) is 2.36. The molecular weight excluding hydrogens is 140 g/mol. The summed E-state index contributed by atoms with van der Waals surface area (Å²) in [5.41, 5.74) is 5.42. The van der Waals surface area contributed by atoms with Crippen molar-refractivity contribution in [3.05, 3.63) is 6.20 Å². The fourth-order valence-electron chi connectivity index (χ4n) is 1.03. The first-order valence-corrected chi connectivity index (χ1v) is 3.91. The van der Waals surface area contributed by atoms with E-state index >= 15 is 0 Å². The molecule has 0 saturated carbocycles. The molecule has 0 aliphatic heterocycles. The summed E-state index contributed by atoms with van der Waals surface area (Å²) in [6.07, 6.45) is 3.81. The summed E-state index contributed by atoms with van der Waals surface area (Å²) >= 11 is 0. The van der Waals surface area contributed by atoms with Crippen LogP contribution in [0.15, 0.2) is 6.20 Å². The van der Waals surface area contributed by atoms with Gasteiger partial charge in [-0.1, -0.05) is 13.3 Å². The number of hydrogen-bond donors (Lipinski definition) is 1. The van der Waals surface area contributed by atoms with Crippen LogP contribution in [0, 0.1) is 0 Å². The highest BCUT2D eigenvalue weighted by Crippen LogP contribution is 2.09. The molecule has 0 aliphatic carbocycles. The number of nitrogens with two attached hydrogens (primary N) is 1. The second-order valence-electron chi connectivity index (χ2n) is 2.73. The minimum Gasteiger partial charge on any atom is -0.381 e. The molecule has 1 heterocycles. The molecule has 4 nitrogen and oxygen atoms in total. The molecule has 0 bridgehead atoms. The maximum atomic E-state index is 5.42. The molecular formula is C7H14N4. The van der Waals surface area contributed by atoms with Gasteiger partial charge in [0.15, 0.2) is 5.82 Å². The van der Waals surface area contributed by atoms with Crippen molar-refractivity contribution in [1.82, 2.24) is 15.0 Å². The summed E-state index contributed by atoms with van der Waals surface area (Å²) in [6, 6.07) is 0.359. The van der Waals surface area contributed by atoms with Crippen LogP contribution in [0.5, 0.6) is 0 Å². The number of nitrogen functional groups attached to an aromatic ring is 1. The summed E-state index contributed by atoms with van der Waals surface area (Å²) in [7, 11) is 0. The monoisotopic (exact) mass is 154 g/mol. The molecule has 4 heteroatoms. The fraction of sp³-hybridized carbons (Fsp3) is 0.714. The van der Waals surface area contributed by atoms with Gasteiger partial charge in [-0.3, -0.25) is 0 Å². The number of aromatic nitrogens is 3. The van der Waals surface area contributed by atoms with Crippen LogP contribution in [0.2, 0.25) is 0 Å². The maximum absolute atomic E-state index is 5.42. The topological polar surface area (TPSA) is 56.7 Å². The third-order valence-corrected chi connectivity index (χ3v) is 1.63. The van der Waals surface area contributed by atoms with E-state index in [2.05, 4.69) is 24.0 Å². The van der Waals surface area contributed by atoms with E-state index in [1.807, 2.05) is 0 Å². The van der Waals surface area contributed by atoms with E-state index in [4.69, 9.17) is 5.73 Å². The van der Waals surface area contributed by atoms with Gasteiger partial charge in [0.1, 0.15) is 0 Å². The van der Waals surface area contributed by atoms with Gasteiger partial charge in [0.05, 0.1) is 12.2 Å². The van der Waals surface area contributed by atoms with Crippen molar-refractivity contribution in [2.45, 2.75) is 32.7 Å². The van der Waals surface area contributed by atoms with Gasteiger partial charge in [-0.25, -0.2) is 0 Å². The predicted molar refractivity (Wildman–Crippen MR) is 44.1 cm³/mol. The minimum atomic E-state index is 0.359. The zero-order chi connectivity index (χ0) is 8.27. The summed E-state index contributed by atoms with van der Waals surface area (Å²) in [5.74, 6) is 0.493. The van der Waals surface area contributed by atoms with Gasteiger partial charge in [-0.2, -0.15) is 9.90 Å². The van der Waals surface area contributed by atoms with Gasteiger partial charge in [0.25, 0.3) is 0 Å². The SMILES string of the molecule is CCCC(C)n1ncc(N)n1. The zero-order valence-corrected chi connectivity index (χ0v) is 6.99. The van der Waals surface area contributed by atoms with Gasteiger partial charge in [-0.15, -0.1) is 5.10 Å². The number of anilines is 1. The molecule has 1 aromatic heterocycles. The Bertz CT molecular complexity index is 218. The third kappa shape index (κ3) is 1.93. The molecule has 0 saturated heterocycles. The second-order valence-corrected chi connectivity index (χ2v) is 2.73. The van der Waals surface area contributed by atoms with Crippen LogP contribution >= 0.6 is 0 Å². The molecule has 2 N–H and O–H groups in total. The number of rotatable bonds is 3. The van der Waals surface area contributed by atoms with E-state index in [0.717, 1.165) is 12.8 Å². The van der Waals surface area contributed by atoms with Crippen molar-refractivity contribution in [3.8, 4) is 0 Å². The lowest BCUT2D eigenvalue weighted by atomic mass is 10.2. The second kappa shape index (κ2) is 3.37. The molecule has 0 spiro atoms. The fourth-order valence-corrected chi connectivity index (χ4v) is 1.03. The Morgan fingerprint density at radius 2 is 2.45 bits per heavy atom. The largest absolute Gasteiger partial charge is 0.381 e. The summed E-state index contributed by atoms with van der Waals surface area (Å²) in [4.78, 5) is 1.67. The van der Waals surface area contributed by atoms with Crippen LogP contribution in [-0.4, -0.2) is 15.0 Å². The van der Waals surface area contributed by atoms with Crippen LogP contribution in [0.4, 0.5) is 5.82 Å². The van der Waals surface area contributed by atoms with Crippen LogP contribution in [0.1, 0.15) is 32.7 Å². The van der Waals surface area contributed by atoms with Gasteiger partial charge < -0.3 is 5.73 Å². The summed E-state index contributed by atoms with van der Waals surface area (Å²) in [5, 5.41) is 8.03. The first kappa shape index (κ1) is 8.04. The molecule has 62 valence electrons. The van der Waals surface area contributed by atoms with Crippen LogP contribution in [0.3, 0.4) is 0 Å². The Hall–Kier alpha value is -1.06. The molecule has 1 atom stereocenters. The lowest BCUT2D eigenvalue weighted by Gasteiger charge is -2.07. The lowest BCUT2D eigenvalue weighted by molar-refractivity contribution is 0.407. The number of hydrogen-bond acceptors (Lipinski definition) is 3. The zero-order valence-electron chi connectivity index (χ0n) is 6.99. The van der Waals surface area contributed by atoms with Crippen LogP contribution < -0.4 is 5.73 Å². The maximum Gasteiger partial charge on any atom is 0.165 e. The highest BCUT2D eigenvalue weighted by atomic mass is 15.5. The Morgan fingerprint density at radius 1 is 1.73 bits per heavy atom. The molecule has 0 amide bonds. The molecule has 1 aromatic rings. The molecule has 1 unspecified atom stereocenters. The Morgan fingerprint density at radius 3 is 2.91 bits per heavy atom. The quantitative estimate of drug-likeness (QED) is 0.712. The van der Waals surface area contributed by atoms with E-state index in [-0.39, 0.29) is 0 Å². The number of nitrogens with zero attached hydrogens (tertiary/aromatic N) is 3. The van der Waals surface area contributed by atoms with Crippen LogP contribution in [0.25, 0.3) is 0 Å². The first-order valence-electron chi connectivity index (χ1n) is 3.91. The summed E-state index contributed by atoms with van der Waals surface area (Å²) < 4.78 is 0. The van der Waals surface area contributed by atoms with Gasteiger partial charge in [0.2, 0.25) is 0 Å². The Kier molecular flexibility index (Phi) is 2.46. The smallest absolute Gasteiger partial charge is 0.165 e. The molecule has 0 aromatic carbocycles. The lowest BCUT2D eigenvalue weighted by Crippen LogP contribution is -2.08.